The van der Waals surface area contributed by atoms with Gasteiger partial charge in [0.25, 0.3) is 11.5 Å². The topological polar surface area (TPSA) is 109 Å². The zero-order chi connectivity index (χ0) is 20.4. The van der Waals surface area contributed by atoms with Gasteiger partial charge in [0.05, 0.1) is 23.7 Å². The minimum atomic E-state index is -0.532. The van der Waals surface area contributed by atoms with Crippen LogP contribution < -0.4 is 16.4 Å². The number of aromatic amines is 1. The molecule has 0 spiro atoms. The summed E-state index contributed by atoms with van der Waals surface area (Å²) in [6.07, 6.45) is 3.19. The predicted molar refractivity (Wildman–Crippen MR) is 112 cm³/mol. The minimum Gasteiger partial charge on any atom is -0.361 e. The van der Waals surface area contributed by atoms with Gasteiger partial charge < -0.3 is 4.98 Å². The number of aromatic nitrogens is 3. The van der Waals surface area contributed by atoms with Gasteiger partial charge in [-0.05, 0) is 29.8 Å². The maximum absolute atomic E-state index is 12.5. The first-order valence-electron chi connectivity index (χ1n) is 8.78. The van der Waals surface area contributed by atoms with E-state index in [-0.39, 0.29) is 24.4 Å². The summed E-state index contributed by atoms with van der Waals surface area (Å²) in [5, 5.41) is 1.35. The van der Waals surface area contributed by atoms with Gasteiger partial charge in [-0.25, -0.2) is 4.98 Å². The standard InChI is InChI=1S/C20H16BrN5O3/c21-13-5-6-17-15(8-13)20(29)26(11-23-17)10-19(28)25-24-18(27)7-12-9-22-16-4-2-1-3-14(12)16/h1-6,8-9,11,22H,7,10H2,(H,24,27)(H,25,28). The number of carbonyl (C=O) groups excluding carboxylic acids is 2. The molecular weight excluding hydrogens is 438 g/mol. The van der Waals surface area contributed by atoms with E-state index >= 15 is 0 Å². The van der Waals surface area contributed by atoms with E-state index in [2.05, 4.69) is 36.7 Å². The molecule has 2 heterocycles. The van der Waals surface area contributed by atoms with Gasteiger partial charge >= 0.3 is 0 Å². The Bertz CT molecular complexity index is 1290. The Hall–Kier alpha value is -3.46. The molecule has 0 unspecified atom stereocenters. The van der Waals surface area contributed by atoms with Gasteiger partial charge in [-0.15, -0.1) is 0 Å². The Morgan fingerprint density at radius 2 is 1.86 bits per heavy atom. The van der Waals surface area contributed by atoms with E-state index in [4.69, 9.17) is 0 Å². The van der Waals surface area contributed by atoms with Crippen LogP contribution in [-0.2, 0) is 22.6 Å². The van der Waals surface area contributed by atoms with Crippen molar-refractivity contribution in [3.8, 4) is 0 Å². The summed E-state index contributed by atoms with van der Waals surface area (Å²) in [7, 11) is 0. The average Bonchev–Trinajstić information content (AvgIpc) is 3.12. The van der Waals surface area contributed by atoms with Crippen molar-refractivity contribution in [3.63, 3.8) is 0 Å². The van der Waals surface area contributed by atoms with Gasteiger partial charge in [0, 0.05) is 21.6 Å². The number of benzene rings is 2. The van der Waals surface area contributed by atoms with Crippen molar-refractivity contribution in [2.75, 3.05) is 0 Å². The highest BCUT2D eigenvalue weighted by atomic mass is 79.9. The zero-order valence-corrected chi connectivity index (χ0v) is 16.7. The molecule has 0 atom stereocenters. The van der Waals surface area contributed by atoms with E-state index in [0.29, 0.717) is 10.9 Å². The third kappa shape index (κ3) is 4.04. The highest BCUT2D eigenvalue weighted by Gasteiger charge is 2.11. The summed E-state index contributed by atoms with van der Waals surface area (Å²) in [6, 6.07) is 12.8. The van der Waals surface area contributed by atoms with Crippen LogP contribution in [0.5, 0.6) is 0 Å². The number of nitrogens with one attached hydrogen (secondary N) is 3. The van der Waals surface area contributed by atoms with Crippen LogP contribution in [0.4, 0.5) is 0 Å². The lowest BCUT2D eigenvalue weighted by atomic mass is 10.1. The average molecular weight is 454 g/mol. The summed E-state index contributed by atoms with van der Waals surface area (Å²) in [5.41, 5.74) is 6.68. The Morgan fingerprint density at radius 1 is 1.07 bits per heavy atom. The first kappa shape index (κ1) is 18.9. The van der Waals surface area contributed by atoms with Crippen molar-refractivity contribution in [3.05, 3.63) is 75.4 Å². The number of para-hydroxylation sites is 1. The van der Waals surface area contributed by atoms with Gasteiger partial charge in [0.2, 0.25) is 5.91 Å². The molecule has 2 aromatic heterocycles. The molecule has 4 aromatic rings. The van der Waals surface area contributed by atoms with E-state index in [1.165, 1.54) is 10.9 Å². The summed E-state index contributed by atoms with van der Waals surface area (Å²) >= 11 is 3.32. The normalized spacial score (nSPS) is 10.9. The lowest BCUT2D eigenvalue weighted by molar-refractivity contribution is -0.128. The first-order valence-corrected chi connectivity index (χ1v) is 9.58. The number of hydrogen-bond acceptors (Lipinski definition) is 4. The van der Waals surface area contributed by atoms with E-state index in [1.807, 2.05) is 24.3 Å². The zero-order valence-electron chi connectivity index (χ0n) is 15.1. The van der Waals surface area contributed by atoms with Crippen LogP contribution in [0.1, 0.15) is 5.56 Å². The van der Waals surface area contributed by atoms with Crippen LogP contribution in [-0.4, -0.2) is 26.3 Å². The fourth-order valence-corrected chi connectivity index (χ4v) is 3.43. The second kappa shape index (κ2) is 7.88. The maximum Gasteiger partial charge on any atom is 0.261 e. The molecule has 8 nitrogen and oxygen atoms in total. The number of carbonyl (C=O) groups is 2. The molecule has 0 fully saturated rings. The monoisotopic (exact) mass is 453 g/mol. The third-order valence-electron chi connectivity index (χ3n) is 4.47. The number of halogens is 1. The molecular formula is C20H16BrN5O3. The van der Waals surface area contributed by atoms with Crippen LogP contribution in [0, 0.1) is 0 Å². The van der Waals surface area contributed by atoms with Gasteiger partial charge in [0.1, 0.15) is 6.54 Å². The lowest BCUT2D eigenvalue weighted by Gasteiger charge is -2.09. The van der Waals surface area contributed by atoms with Gasteiger partial charge in [-0.3, -0.25) is 29.8 Å². The number of H-pyrrole nitrogens is 1. The Labute approximate surface area is 173 Å². The largest absolute Gasteiger partial charge is 0.361 e. The molecule has 9 heteroatoms. The van der Waals surface area contributed by atoms with Gasteiger partial charge in [0.15, 0.2) is 0 Å². The second-order valence-corrected chi connectivity index (χ2v) is 7.39. The van der Waals surface area contributed by atoms with Crippen LogP contribution in [0.3, 0.4) is 0 Å². The number of hydrogen-bond donors (Lipinski definition) is 3. The SMILES string of the molecule is O=C(Cc1c[nH]c2ccccc12)NNC(=O)Cn1cnc2ccc(Br)cc2c1=O. The van der Waals surface area contributed by atoms with Gasteiger partial charge in [-0.2, -0.15) is 0 Å². The molecule has 29 heavy (non-hydrogen) atoms. The van der Waals surface area contributed by atoms with Crippen LogP contribution in [0.2, 0.25) is 0 Å². The Morgan fingerprint density at radius 3 is 2.72 bits per heavy atom. The number of amides is 2. The fourth-order valence-electron chi connectivity index (χ4n) is 3.07. The maximum atomic E-state index is 12.5. The third-order valence-corrected chi connectivity index (χ3v) is 4.96. The van der Waals surface area contributed by atoms with Gasteiger partial charge in [-0.1, -0.05) is 34.1 Å². The van der Waals surface area contributed by atoms with Crippen molar-refractivity contribution >= 4 is 49.6 Å². The number of nitrogens with zero attached hydrogens (tertiary/aromatic N) is 2. The predicted octanol–water partition coefficient (Wildman–Crippen LogP) is 2.03. The number of hydrazine groups is 1. The van der Waals surface area contributed by atoms with Crippen LogP contribution in [0.25, 0.3) is 21.8 Å². The summed E-state index contributed by atoms with van der Waals surface area (Å²) in [5.74, 6) is -0.897. The van der Waals surface area contributed by atoms with Crippen molar-refractivity contribution in [1.29, 1.82) is 0 Å². The highest BCUT2D eigenvalue weighted by molar-refractivity contribution is 9.10. The first-order chi connectivity index (χ1) is 14.0. The van der Waals surface area contributed by atoms with Crippen molar-refractivity contribution < 1.29 is 9.59 Å². The van der Waals surface area contributed by atoms with E-state index in [1.54, 1.807) is 24.4 Å². The molecule has 0 aliphatic heterocycles. The molecule has 0 aliphatic rings. The fraction of sp³-hybridized carbons (Fsp3) is 0.100. The minimum absolute atomic E-state index is 0.107. The summed E-state index contributed by atoms with van der Waals surface area (Å²) in [6.45, 7) is -0.262. The van der Waals surface area contributed by atoms with Crippen LogP contribution in [0.15, 0.2) is 64.3 Å². The molecule has 4 rings (SSSR count). The van der Waals surface area contributed by atoms with E-state index in [9.17, 15) is 14.4 Å². The van der Waals surface area contributed by atoms with Crippen LogP contribution >= 0.6 is 15.9 Å². The molecule has 0 radical (unpaired) electrons. The molecule has 146 valence electrons. The van der Waals surface area contributed by atoms with E-state index < -0.39 is 5.91 Å². The summed E-state index contributed by atoms with van der Waals surface area (Å²) in [4.78, 5) is 44.1. The molecule has 0 aliphatic carbocycles. The number of rotatable bonds is 4. The van der Waals surface area contributed by atoms with Crippen molar-refractivity contribution in [1.82, 2.24) is 25.4 Å². The van der Waals surface area contributed by atoms with Crippen molar-refractivity contribution in [2.24, 2.45) is 0 Å². The molecule has 0 bridgehead atoms. The van der Waals surface area contributed by atoms with Crippen molar-refractivity contribution in [2.45, 2.75) is 13.0 Å². The Balaban J connectivity index is 1.39. The molecule has 0 saturated heterocycles. The molecule has 2 aromatic carbocycles. The molecule has 2 amide bonds. The number of fused-ring (bicyclic) bond motifs is 2. The summed E-state index contributed by atoms with van der Waals surface area (Å²) < 4.78 is 1.94. The molecule has 3 N–H and O–H groups in total. The Kier molecular flexibility index (Phi) is 5.13. The molecule has 0 saturated carbocycles. The smallest absolute Gasteiger partial charge is 0.261 e. The quantitative estimate of drug-likeness (QED) is 0.410. The van der Waals surface area contributed by atoms with E-state index in [0.717, 1.165) is 20.9 Å². The second-order valence-electron chi connectivity index (χ2n) is 6.47. The highest BCUT2D eigenvalue weighted by Crippen LogP contribution is 2.18. The lowest BCUT2D eigenvalue weighted by Crippen LogP contribution is -2.44.